The van der Waals surface area contributed by atoms with Crippen LogP contribution in [-0.2, 0) is 52.7 Å². The molecule has 78 heavy (non-hydrogen) atoms. The fourth-order valence-corrected chi connectivity index (χ4v) is 9.10. The first-order valence-corrected chi connectivity index (χ1v) is 27.6. The number of esters is 1. The molecule has 0 spiro atoms. The number of aliphatic hydroxyl groups excluding tert-OH is 1. The summed E-state index contributed by atoms with van der Waals surface area (Å²) in [5, 5.41) is 19.9. The van der Waals surface area contributed by atoms with Crippen molar-refractivity contribution in [2.75, 3.05) is 55.9 Å². The van der Waals surface area contributed by atoms with Crippen molar-refractivity contribution >= 4 is 59.1 Å². The largest absolute Gasteiger partial charge is 0.468 e. The molecule has 6 N–H and O–H groups in total. The predicted molar refractivity (Wildman–Crippen MR) is 300 cm³/mol. The lowest BCUT2D eigenvalue weighted by Crippen LogP contribution is -2.63. The van der Waals surface area contributed by atoms with E-state index >= 15 is 0 Å². The van der Waals surface area contributed by atoms with Gasteiger partial charge in [0, 0.05) is 42.3 Å². The molecule has 0 rings (SSSR count). The molecule has 0 saturated carbocycles. The quantitative estimate of drug-likeness (QED) is 0.0479. The van der Waals surface area contributed by atoms with Crippen LogP contribution in [0.1, 0.15) is 136 Å². The molecular weight excluding hydrogens is 1000 g/mol. The number of nitrogens with zero attached hydrogens (tertiary/aromatic N) is 6. The summed E-state index contributed by atoms with van der Waals surface area (Å²) in [5.74, 6) is -7.85. The summed E-state index contributed by atoms with van der Waals surface area (Å²) in [5.41, 5.74) is 6.13. The molecule has 0 fully saturated rings. The predicted octanol–water partition coefficient (Wildman–Crippen LogP) is 2.40. The van der Waals surface area contributed by atoms with Crippen LogP contribution in [0.2, 0.25) is 0 Å². The number of hydrogen-bond acceptors (Lipinski definition) is 13. The molecule has 0 aliphatic heterocycles. The Bertz CT molecular complexity index is 2050. The maximum Gasteiger partial charge on any atom is 0.325 e. The van der Waals surface area contributed by atoms with E-state index in [1.54, 1.807) is 54.5 Å². The highest BCUT2D eigenvalue weighted by Gasteiger charge is 2.45. The molecule has 0 bridgehead atoms. The monoisotopic (exact) mass is 1110 g/mol. The van der Waals surface area contributed by atoms with Crippen molar-refractivity contribution < 1.29 is 57.8 Å². The van der Waals surface area contributed by atoms with E-state index < -0.39 is 131 Å². The van der Waals surface area contributed by atoms with Gasteiger partial charge in [0.25, 0.3) is 0 Å². The normalized spacial score (nSPS) is 16.0. The molecule has 11 atom stereocenters. The lowest BCUT2D eigenvalue weighted by Gasteiger charge is -2.41. The number of ether oxygens (including phenoxy) is 1. The number of allylic oxidation sites excluding steroid dienone is 2. The minimum absolute atomic E-state index is 0.0103. The van der Waals surface area contributed by atoms with E-state index in [-0.39, 0.29) is 49.5 Å². The van der Waals surface area contributed by atoms with Gasteiger partial charge in [-0.05, 0) is 88.4 Å². The van der Waals surface area contributed by atoms with Gasteiger partial charge in [0.1, 0.15) is 54.9 Å². The SMILES string of the molecule is C/C=C/C[C@@H](C)[C@@H](O)[C@@H](C(=O)N[C@@H](CC)C(=O)N(C)CC(=O)OC)N(C)C(=O)[C@H](C(C)C)N(C)C(=O)[C@H](CC(C)C)N(C)C(=O)[C@H](CC(C)C)N(C)C(=O)[C@@H](C)NC(=O)[C@H](C)NC(=O)[C@H](CC(C)C)N(C)C(=O)[C@@H](N)C(C)C. The third-order valence-electron chi connectivity index (χ3n) is 14.2. The van der Waals surface area contributed by atoms with E-state index in [0.29, 0.717) is 12.8 Å². The molecule has 0 aliphatic carbocycles. The Labute approximate surface area is 466 Å². The van der Waals surface area contributed by atoms with Crippen LogP contribution in [0.3, 0.4) is 0 Å². The van der Waals surface area contributed by atoms with Crippen LogP contribution in [0.4, 0.5) is 0 Å². The molecule has 0 saturated heterocycles. The molecule has 448 valence electrons. The number of hydrogen-bond donors (Lipinski definition) is 5. The van der Waals surface area contributed by atoms with Gasteiger partial charge in [-0.15, -0.1) is 0 Å². The molecule has 0 aliphatic rings. The highest BCUT2D eigenvalue weighted by atomic mass is 16.5. The summed E-state index contributed by atoms with van der Waals surface area (Å²) in [4.78, 5) is 146. The van der Waals surface area contributed by atoms with Crippen LogP contribution >= 0.6 is 0 Å². The highest BCUT2D eigenvalue weighted by molar-refractivity contribution is 5.98. The van der Waals surface area contributed by atoms with E-state index in [1.807, 2.05) is 47.6 Å². The van der Waals surface area contributed by atoms with Crippen molar-refractivity contribution in [3.63, 3.8) is 0 Å². The summed E-state index contributed by atoms with van der Waals surface area (Å²) < 4.78 is 4.70. The molecule has 0 radical (unpaired) electrons. The summed E-state index contributed by atoms with van der Waals surface area (Å²) in [6.45, 7) is 26.1. The van der Waals surface area contributed by atoms with Crippen molar-refractivity contribution in [3.8, 4) is 0 Å². The molecule has 22 nitrogen and oxygen atoms in total. The molecule has 0 heterocycles. The summed E-state index contributed by atoms with van der Waals surface area (Å²) in [6.07, 6.45) is 3.22. The number of aliphatic hydroxyl groups is 1. The second kappa shape index (κ2) is 33.7. The maximum absolute atomic E-state index is 15.0. The number of methoxy groups -OCH3 is 1. The van der Waals surface area contributed by atoms with Gasteiger partial charge in [0.2, 0.25) is 53.2 Å². The first kappa shape index (κ1) is 72.4. The Kier molecular flexibility index (Phi) is 31.3. The second-order valence-electron chi connectivity index (χ2n) is 23.1. The summed E-state index contributed by atoms with van der Waals surface area (Å²) >= 11 is 0. The minimum atomic E-state index is -1.55. The lowest BCUT2D eigenvalue weighted by atomic mass is 9.91. The van der Waals surface area contributed by atoms with Crippen LogP contribution in [-0.4, -0.2) is 210 Å². The average Bonchev–Trinajstić information content (AvgIpc) is 3.36. The zero-order valence-electron chi connectivity index (χ0n) is 51.3. The Morgan fingerprint density at radius 3 is 1.40 bits per heavy atom. The van der Waals surface area contributed by atoms with Gasteiger partial charge in [0.15, 0.2) is 0 Å². The molecular formula is C56H102N10O12. The lowest BCUT2D eigenvalue weighted by molar-refractivity contribution is -0.157. The van der Waals surface area contributed by atoms with E-state index in [0.717, 1.165) is 9.80 Å². The van der Waals surface area contributed by atoms with E-state index in [4.69, 9.17) is 10.5 Å². The van der Waals surface area contributed by atoms with Crippen LogP contribution in [0, 0.1) is 35.5 Å². The Morgan fingerprint density at radius 2 is 0.962 bits per heavy atom. The van der Waals surface area contributed by atoms with Crippen molar-refractivity contribution in [1.29, 1.82) is 0 Å². The molecule has 0 aromatic carbocycles. The van der Waals surface area contributed by atoms with Gasteiger partial charge in [-0.25, -0.2) is 0 Å². The van der Waals surface area contributed by atoms with Crippen molar-refractivity contribution in [2.45, 2.75) is 196 Å². The third-order valence-corrected chi connectivity index (χ3v) is 14.2. The van der Waals surface area contributed by atoms with Crippen LogP contribution in [0.15, 0.2) is 12.2 Å². The van der Waals surface area contributed by atoms with Crippen LogP contribution in [0.5, 0.6) is 0 Å². The standard InChI is InChI=1S/C56H102N10O12/c1-23-25-26-36(13)47(68)46(50(71)60-39(24-2)52(73)61(16)30-43(67)78-22)66(21)56(77)45(35(11)12)65(20)54(75)42(29-33(7)8)64(19)53(74)41(28-32(5)6)63(18)51(72)38(15)59-48(69)37(14)58-49(70)40(27-31(3)4)62(17)55(76)44(57)34(9)10/h23,25,31-42,44-47,68H,24,26-30,57H2,1-22H3,(H,58,70)(H,59,69)(H,60,71)/b25-23+/t36-,37+,38-,39+,40+,41+,42+,44+,45+,46+,47-/m1/s1. The number of likely N-dealkylation sites (N-methyl/N-ethyl adjacent to an activating group) is 6. The number of amides is 9. The second-order valence-corrected chi connectivity index (χ2v) is 23.1. The third kappa shape index (κ3) is 21.2. The number of rotatable bonds is 32. The number of nitrogens with two attached hydrogens (primary N) is 1. The highest BCUT2D eigenvalue weighted by Crippen LogP contribution is 2.25. The van der Waals surface area contributed by atoms with E-state index in [1.165, 1.54) is 82.8 Å². The fourth-order valence-electron chi connectivity index (χ4n) is 9.10. The van der Waals surface area contributed by atoms with Gasteiger partial charge in [-0.3, -0.25) is 47.9 Å². The topological polar surface area (TPSA) is 282 Å². The van der Waals surface area contributed by atoms with Crippen molar-refractivity contribution in [1.82, 2.24) is 45.3 Å². The average molecular weight is 1110 g/mol. The minimum Gasteiger partial charge on any atom is -0.468 e. The smallest absolute Gasteiger partial charge is 0.325 e. The molecule has 0 aromatic rings. The molecule has 0 unspecified atom stereocenters. The Balaban J connectivity index is 6.97. The molecule has 22 heteroatoms. The summed E-state index contributed by atoms with van der Waals surface area (Å²) in [6, 6.07) is -10.3. The first-order chi connectivity index (χ1) is 36.0. The van der Waals surface area contributed by atoms with Gasteiger partial charge in [0.05, 0.1) is 19.3 Å². The number of carbonyl (C=O) groups excluding carboxylic acids is 10. The molecule has 0 aromatic heterocycles. The molecule has 9 amide bonds. The van der Waals surface area contributed by atoms with Gasteiger partial charge >= 0.3 is 5.97 Å². The summed E-state index contributed by atoms with van der Waals surface area (Å²) in [7, 11) is 9.75. The van der Waals surface area contributed by atoms with Crippen LogP contribution < -0.4 is 21.7 Å². The van der Waals surface area contributed by atoms with E-state index in [2.05, 4.69) is 16.0 Å². The van der Waals surface area contributed by atoms with Crippen LogP contribution in [0.25, 0.3) is 0 Å². The Morgan fingerprint density at radius 1 is 0.526 bits per heavy atom. The van der Waals surface area contributed by atoms with Gasteiger partial charge in [-0.2, -0.15) is 0 Å². The Hall–Kier alpha value is -5.64. The zero-order chi connectivity index (χ0) is 61.0. The van der Waals surface area contributed by atoms with Crippen molar-refractivity contribution in [2.24, 2.45) is 41.2 Å². The number of nitrogens with one attached hydrogen (secondary N) is 3. The van der Waals surface area contributed by atoms with Gasteiger partial charge < -0.3 is 60.9 Å². The number of carbonyl (C=O) groups is 10. The maximum atomic E-state index is 15.0. The first-order valence-electron chi connectivity index (χ1n) is 27.6. The zero-order valence-corrected chi connectivity index (χ0v) is 51.3. The van der Waals surface area contributed by atoms with Gasteiger partial charge in [-0.1, -0.05) is 95.2 Å². The fraction of sp³-hybridized carbons (Fsp3) is 0.786. The van der Waals surface area contributed by atoms with E-state index in [9.17, 15) is 53.1 Å². The van der Waals surface area contributed by atoms with Crippen molar-refractivity contribution in [3.05, 3.63) is 12.2 Å².